The molecule has 0 atom stereocenters. The Kier molecular flexibility index (Phi) is 5.64. The number of aryl methyl sites for hydroxylation is 1. The normalized spacial score (nSPS) is 11.7. The molecule has 3 rings (SSSR count). The molecule has 0 unspecified atom stereocenters. The Morgan fingerprint density at radius 2 is 1.81 bits per heavy atom. The van der Waals surface area contributed by atoms with Gasteiger partial charge in [-0.05, 0) is 37.6 Å². The summed E-state index contributed by atoms with van der Waals surface area (Å²) in [6, 6.07) is 8.34. The summed E-state index contributed by atoms with van der Waals surface area (Å²) in [6.07, 6.45) is 0.334. The van der Waals surface area contributed by atoms with Crippen molar-refractivity contribution in [1.82, 2.24) is 9.71 Å². The minimum absolute atomic E-state index is 0.0186. The lowest BCUT2D eigenvalue weighted by Gasteiger charge is -2.07. The van der Waals surface area contributed by atoms with Gasteiger partial charge < -0.3 is 0 Å². The molecule has 0 spiro atoms. The predicted octanol–water partition coefficient (Wildman–Crippen LogP) is 4.06. The number of hydrogen-bond acceptors (Lipinski definition) is 4. The molecule has 27 heavy (non-hydrogen) atoms. The van der Waals surface area contributed by atoms with Crippen LogP contribution in [0.2, 0.25) is 0 Å². The van der Waals surface area contributed by atoms with Gasteiger partial charge in [0.2, 0.25) is 10.0 Å². The first-order chi connectivity index (χ1) is 12.8. The fourth-order valence-corrected chi connectivity index (χ4v) is 4.62. The van der Waals surface area contributed by atoms with Gasteiger partial charge in [0.25, 0.3) is 0 Å². The monoisotopic (exact) mass is 412 g/mol. The predicted molar refractivity (Wildman–Crippen MR) is 97.5 cm³/mol. The maximum Gasteiger partial charge on any atom is 0.243 e. The maximum atomic E-state index is 13.7. The van der Waals surface area contributed by atoms with E-state index in [1.165, 1.54) is 23.5 Å². The first-order valence-electron chi connectivity index (χ1n) is 7.93. The smallest absolute Gasteiger partial charge is 0.241 e. The number of benzene rings is 2. The van der Waals surface area contributed by atoms with Crippen LogP contribution in [-0.4, -0.2) is 19.9 Å². The highest BCUT2D eigenvalue weighted by Gasteiger charge is 2.19. The van der Waals surface area contributed by atoms with Crippen LogP contribution in [0.15, 0.2) is 47.4 Å². The molecule has 0 amide bonds. The highest BCUT2D eigenvalue weighted by Crippen LogP contribution is 2.28. The minimum Gasteiger partial charge on any atom is -0.241 e. The lowest BCUT2D eigenvalue weighted by atomic mass is 10.2. The molecule has 3 aromatic rings. The minimum atomic E-state index is -4.10. The summed E-state index contributed by atoms with van der Waals surface area (Å²) in [5, 5.41) is 0.634. The Bertz CT molecular complexity index is 1080. The van der Waals surface area contributed by atoms with Crippen LogP contribution in [0.3, 0.4) is 0 Å². The molecule has 1 heterocycles. The zero-order valence-corrected chi connectivity index (χ0v) is 15.8. The number of rotatable bonds is 6. The van der Waals surface area contributed by atoms with Crippen molar-refractivity contribution in [2.45, 2.75) is 18.2 Å². The van der Waals surface area contributed by atoms with E-state index in [1.54, 1.807) is 19.1 Å². The van der Waals surface area contributed by atoms with E-state index in [0.717, 1.165) is 17.0 Å². The summed E-state index contributed by atoms with van der Waals surface area (Å²) in [5.74, 6) is -2.36. The number of hydrogen-bond donors (Lipinski definition) is 1. The summed E-state index contributed by atoms with van der Waals surface area (Å²) in [6.45, 7) is 1.80. The summed E-state index contributed by atoms with van der Waals surface area (Å²) < 4.78 is 66.6. The van der Waals surface area contributed by atoms with E-state index in [9.17, 15) is 21.6 Å². The topological polar surface area (TPSA) is 59.1 Å². The fraction of sp³-hybridized carbons (Fsp3) is 0.167. The highest BCUT2D eigenvalue weighted by molar-refractivity contribution is 7.89. The molecule has 4 nitrogen and oxygen atoms in total. The number of nitrogens with one attached hydrogen (secondary N) is 1. The van der Waals surface area contributed by atoms with E-state index in [-0.39, 0.29) is 12.4 Å². The Morgan fingerprint density at radius 1 is 1.07 bits per heavy atom. The number of halogens is 3. The van der Waals surface area contributed by atoms with Gasteiger partial charge in [-0.2, -0.15) is 0 Å². The SMILES string of the molecule is Cc1nc(-c2cccc(F)c2)sc1CCNS(=O)(=O)c1ccc(F)cc1F. The van der Waals surface area contributed by atoms with E-state index in [2.05, 4.69) is 9.71 Å². The van der Waals surface area contributed by atoms with Gasteiger partial charge in [-0.25, -0.2) is 31.3 Å². The van der Waals surface area contributed by atoms with Crippen molar-refractivity contribution in [2.75, 3.05) is 6.54 Å². The molecule has 0 saturated heterocycles. The molecule has 0 aliphatic heterocycles. The zero-order chi connectivity index (χ0) is 19.6. The van der Waals surface area contributed by atoms with Crippen molar-refractivity contribution in [3.63, 3.8) is 0 Å². The number of thiazole rings is 1. The largest absolute Gasteiger partial charge is 0.243 e. The van der Waals surface area contributed by atoms with E-state index in [4.69, 9.17) is 0 Å². The first-order valence-corrected chi connectivity index (χ1v) is 10.2. The maximum absolute atomic E-state index is 13.7. The van der Waals surface area contributed by atoms with Gasteiger partial charge in [-0.3, -0.25) is 0 Å². The van der Waals surface area contributed by atoms with Crippen LogP contribution in [-0.2, 0) is 16.4 Å². The molecule has 1 N–H and O–H groups in total. The van der Waals surface area contributed by atoms with Crippen molar-refractivity contribution in [1.29, 1.82) is 0 Å². The third kappa shape index (κ3) is 4.55. The summed E-state index contributed by atoms with van der Waals surface area (Å²) in [4.78, 5) is 4.62. The van der Waals surface area contributed by atoms with Crippen molar-refractivity contribution in [2.24, 2.45) is 0 Å². The van der Waals surface area contributed by atoms with Gasteiger partial charge >= 0.3 is 0 Å². The molecule has 0 aliphatic rings. The van der Waals surface area contributed by atoms with Gasteiger partial charge in [0.1, 0.15) is 27.4 Å². The molecule has 0 radical (unpaired) electrons. The molecule has 2 aromatic carbocycles. The van der Waals surface area contributed by atoms with Crippen molar-refractivity contribution >= 4 is 21.4 Å². The lowest BCUT2D eigenvalue weighted by Crippen LogP contribution is -2.26. The van der Waals surface area contributed by atoms with E-state index >= 15 is 0 Å². The van der Waals surface area contributed by atoms with E-state index in [1.807, 2.05) is 0 Å². The summed E-state index contributed by atoms with van der Waals surface area (Å²) in [7, 11) is -4.10. The molecule has 9 heteroatoms. The second-order valence-corrected chi connectivity index (χ2v) is 8.58. The number of aromatic nitrogens is 1. The quantitative estimate of drug-likeness (QED) is 0.664. The molecule has 0 fully saturated rings. The second-order valence-electron chi connectivity index (χ2n) is 5.76. The molecule has 0 bridgehead atoms. The van der Waals surface area contributed by atoms with E-state index < -0.39 is 26.6 Å². The Morgan fingerprint density at radius 3 is 2.52 bits per heavy atom. The zero-order valence-electron chi connectivity index (χ0n) is 14.2. The van der Waals surface area contributed by atoms with Crippen LogP contribution in [0.25, 0.3) is 10.6 Å². The van der Waals surface area contributed by atoms with E-state index in [0.29, 0.717) is 28.8 Å². The Hall–Kier alpha value is -2.23. The van der Waals surface area contributed by atoms with Crippen molar-refractivity contribution < 1.29 is 21.6 Å². The van der Waals surface area contributed by atoms with Gasteiger partial charge in [-0.15, -0.1) is 11.3 Å². The van der Waals surface area contributed by atoms with Crippen LogP contribution >= 0.6 is 11.3 Å². The van der Waals surface area contributed by atoms with Crippen LogP contribution < -0.4 is 4.72 Å². The first kappa shape index (κ1) is 19.5. The van der Waals surface area contributed by atoms with Crippen LogP contribution in [0.5, 0.6) is 0 Å². The van der Waals surface area contributed by atoms with Crippen LogP contribution in [0, 0.1) is 24.4 Å². The van der Waals surface area contributed by atoms with Gasteiger partial charge in [0, 0.05) is 23.1 Å². The van der Waals surface area contributed by atoms with Gasteiger partial charge in [0.15, 0.2) is 0 Å². The molecule has 0 aliphatic carbocycles. The van der Waals surface area contributed by atoms with Gasteiger partial charge in [0.05, 0.1) is 5.69 Å². The molecule has 1 aromatic heterocycles. The summed E-state index contributed by atoms with van der Waals surface area (Å²) in [5.41, 5.74) is 1.36. The Labute approximate surface area is 158 Å². The Balaban J connectivity index is 1.70. The second kappa shape index (κ2) is 7.79. The van der Waals surface area contributed by atoms with Crippen molar-refractivity contribution in [3.8, 4) is 10.6 Å². The number of nitrogens with zero attached hydrogens (tertiary/aromatic N) is 1. The highest BCUT2D eigenvalue weighted by atomic mass is 32.2. The lowest BCUT2D eigenvalue weighted by molar-refractivity contribution is 0.543. The molecule has 0 saturated carbocycles. The summed E-state index contributed by atoms with van der Waals surface area (Å²) >= 11 is 1.34. The van der Waals surface area contributed by atoms with Gasteiger partial charge in [-0.1, -0.05) is 12.1 Å². The van der Waals surface area contributed by atoms with Crippen LogP contribution in [0.1, 0.15) is 10.6 Å². The molecule has 142 valence electrons. The average molecular weight is 412 g/mol. The third-order valence-electron chi connectivity index (χ3n) is 3.79. The fourth-order valence-electron chi connectivity index (χ4n) is 2.47. The standard InChI is InChI=1S/C18H15F3N2O2S2/c1-11-16(26-18(23-11)12-3-2-4-13(19)9-12)7-8-22-27(24,25)17-6-5-14(20)10-15(17)21/h2-6,9-10,22H,7-8H2,1H3. The van der Waals surface area contributed by atoms with Crippen molar-refractivity contribution in [3.05, 3.63) is 70.5 Å². The number of sulfonamides is 1. The average Bonchev–Trinajstić information content (AvgIpc) is 2.95. The molecular formula is C18H15F3N2O2S2. The van der Waals surface area contributed by atoms with Crippen LogP contribution in [0.4, 0.5) is 13.2 Å². The molecular weight excluding hydrogens is 397 g/mol. The third-order valence-corrected chi connectivity index (χ3v) is 6.55.